The van der Waals surface area contributed by atoms with Crippen LogP contribution < -0.4 is 5.32 Å². The van der Waals surface area contributed by atoms with Crippen LogP contribution in [0.4, 0.5) is 11.4 Å². The average Bonchev–Trinajstić information content (AvgIpc) is 2.30. The summed E-state index contributed by atoms with van der Waals surface area (Å²) < 4.78 is 23.5. The van der Waals surface area contributed by atoms with Crippen LogP contribution in [0.1, 0.15) is 12.8 Å². The van der Waals surface area contributed by atoms with E-state index in [9.17, 15) is 18.5 Å². The number of nitrogens with zero attached hydrogens (tertiary/aromatic N) is 1. The van der Waals surface area contributed by atoms with Crippen LogP contribution in [0.15, 0.2) is 22.7 Å². The maximum absolute atomic E-state index is 11.5. The van der Waals surface area contributed by atoms with Crippen LogP contribution in [-0.4, -0.2) is 30.9 Å². The second-order valence-corrected chi connectivity index (χ2v) is 7.60. The van der Waals surface area contributed by atoms with Crippen molar-refractivity contribution in [1.29, 1.82) is 0 Å². The summed E-state index contributed by atoms with van der Waals surface area (Å²) in [6.45, 7) is 0. The quantitative estimate of drug-likeness (QED) is 0.668. The van der Waals surface area contributed by atoms with Crippen molar-refractivity contribution in [3.63, 3.8) is 0 Å². The predicted molar refractivity (Wildman–Crippen MR) is 76.1 cm³/mol. The van der Waals surface area contributed by atoms with Crippen molar-refractivity contribution in [1.82, 2.24) is 0 Å². The lowest BCUT2D eigenvalue weighted by atomic mass is 10.1. The van der Waals surface area contributed by atoms with Crippen LogP contribution >= 0.6 is 15.9 Å². The zero-order valence-electron chi connectivity index (χ0n) is 10.0. The number of sulfone groups is 1. The third-order valence-corrected chi connectivity index (χ3v) is 5.47. The van der Waals surface area contributed by atoms with Gasteiger partial charge in [0.1, 0.15) is 0 Å². The molecule has 1 aliphatic heterocycles. The second-order valence-electron chi connectivity index (χ2n) is 4.52. The van der Waals surface area contributed by atoms with Gasteiger partial charge in [0.2, 0.25) is 0 Å². The highest BCUT2D eigenvalue weighted by Gasteiger charge is 2.25. The van der Waals surface area contributed by atoms with Gasteiger partial charge in [0.25, 0.3) is 5.69 Å². The normalized spacial score (nSPS) is 21.8. The van der Waals surface area contributed by atoms with Gasteiger partial charge in [0.05, 0.1) is 20.9 Å². The fourth-order valence-corrected chi connectivity index (χ4v) is 4.14. The van der Waals surface area contributed by atoms with E-state index in [0.717, 1.165) is 6.42 Å². The molecular formula is C11H13BrN2O4S. The van der Waals surface area contributed by atoms with Crippen molar-refractivity contribution in [2.24, 2.45) is 0 Å². The SMILES string of the molecule is O=[N+]([O-])c1cc(NC2CCCS(=O)(=O)C2)ccc1Br. The van der Waals surface area contributed by atoms with Gasteiger partial charge < -0.3 is 5.32 Å². The summed E-state index contributed by atoms with van der Waals surface area (Å²) in [7, 11) is -2.99. The Hall–Kier alpha value is -1.15. The zero-order valence-corrected chi connectivity index (χ0v) is 12.4. The molecule has 1 aromatic rings. The Labute approximate surface area is 119 Å². The Bertz CT molecular complexity index is 603. The first-order chi connectivity index (χ1) is 8.87. The van der Waals surface area contributed by atoms with Crippen LogP contribution in [0.5, 0.6) is 0 Å². The van der Waals surface area contributed by atoms with Crippen LogP contribution in [0.2, 0.25) is 0 Å². The van der Waals surface area contributed by atoms with E-state index in [4.69, 9.17) is 0 Å². The van der Waals surface area contributed by atoms with Crippen LogP contribution in [0.25, 0.3) is 0 Å². The molecule has 1 atom stereocenters. The van der Waals surface area contributed by atoms with Crippen molar-refractivity contribution in [3.8, 4) is 0 Å². The maximum atomic E-state index is 11.5. The molecule has 1 unspecified atom stereocenters. The third kappa shape index (κ3) is 3.66. The van der Waals surface area contributed by atoms with Gasteiger partial charge in [0, 0.05) is 17.8 Å². The second kappa shape index (κ2) is 5.46. The third-order valence-electron chi connectivity index (χ3n) is 2.98. The molecule has 0 saturated carbocycles. The molecule has 19 heavy (non-hydrogen) atoms. The van der Waals surface area contributed by atoms with Crippen molar-refractivity contribution in [2.45, 2.75) is 18.9 Å². The number of benzene rings is 1. The van der Waals surface area contributed by atoms with E-state index in [-0.39, 0.29) is 23.2 Å². The van der Waals surface area contributed by atoms with Gasteiger partial charge in [-0.3, -0.25) is 10.1 Å². The van der Waals surface area contributed by atoms with Crippen molar-refractivity contribution >= 4 is 37.1 Å². The Morgan fingerprint density at radius 2 is 2.16 bits per heavy atom. The van der Waals surface area contributed by atoms with E-state index in [1.165, 1.54) is 6.07 Å². The number of nitro groups is 1. The Morgan fingerprint density at radius 1 is 1.42 bits per heavy atom. The fraction of sp³-hybridized carbons (Fsp3) is 0.455. The summed E-state index contributed by atoms with van der Waals surface area (Å²) in [6.07, 6.45) is 1.38. The molecule has 6 nitrogen and oxygen atoms in total. The number of rotatable bonds is 3. The van der Waals surface area contributed by atoms with E-state index in [2.05, 4.69) is 21.2 Å². The molecule has 1 fully saturated rings. The van der Waals surface area contributed by atoms with Gasteiger partial charge in [-0.1, -0.05) is 0 Å². The zero-order chi connectivity index (χ0) is 14.0. The number of halogens is 1. The monoisotopic (exact) mass is 348 g/mol. The summed E-state index contributed by atoms with van der Waals surface area (Å²) >= 11 is 3.11. The molecule has 0 aromatic heterocycles. The smallest absolute Gasteiger partial charge is 0.285 e. The molecule has 0 aliphatic carbocycles. The van der Waals surface area contributed by atoms with Crippen LogP contribution in [-0.2, 0) is 9.84 Å². The lowest BCUT2D eigenvalue weighted by Gasteiger charge is -2.23. The fourth-order valence-electron chi connectivity index (χ4n) is 2.11. The van der Waals surface area contributed by atoms with Crippen molar-refractivity contribution in [3.05, 3.63) is 32.8 Å². The highest BCUT2D eigenvalue weighted by molar-refractivity contribution is 9.10. The summed E-state index contributed by atoms with van der Waals surface area (Å²) in [6, 6.07) is 4.50. The number of nitrogens with one attached hydrogen (secondary N) is 1. The van der Waals surface area contributed by atoms with E-state index in [1.807, 2.05) is 0 Å². The minimum atomic E-state index is -2.99. The largest absolute Gasteiger partial charge is 0.381 e. The molecule has 0 spiro atoms. The topological polar surface area (TPSA) is 89.3 Å². The summed E-state index contributed by atoms with van der Waals surface area (Å²) in [5.41, 5.74) is 0.528. The summed E-state index contributed by atoms with van der Waals surface area (Å²) in [5.74, 6) is 0.308. The lowest BCUT2D eigenvalue weighted by Crippen LogP contribution is -2.34. The number of nitro benzene ring substituents is 1. The van der Waals surface area contributed by atoms with E-state index in [1.54, 1.807) is 12.1 Å². The van der Waals surface area contributed by atoms with Crippen molar-refractivity contribution in [2.75, 3.05) is 16.8 Å². The molecule has 0 bridgehead atoms. The number of hydrogen-bond donors (Lipinski definition) is 1. The Kier molecular flexibility index (Phi) is 4.10. The molecular weight excluding hydrogens is 336 g/mol. The highest BCUT2D eigenvalue weighted by atomic mass is 79.9. The standard InChI is InChI=1S/C11H13BrN2O4S/c12-10-4-3-8(6-11(10)14(15)16)13-9-2-1-5-19(17,18)7-9/h3-4,6,9,13H,1-2,5,7H2. The summed E-state index contributed by atoms with van der Waals surface area (Å²) in [4.78, 5) is 10.3. The average molecular weight is 349 g/mol. The van der Waals surface area contributed by atoms with Gasteiger partial charge >= 0.3 is 0 Å². The molecule has 0 amide bonds. The predicted octanol–water partition coefficient (Wildman–Crippen LogP) is 2.35. The Morgan fingerprint density at radius 3 is 2.79 bits per heavy atom. The first-order valence-electron chi connectivity index (χ1n) is 5.78. The van der Waals surface area contributed by atoms with E-state index in [0.29, 0.717) is 16.6 Å². The molecule has 2 rings (SSSR count). The molecule has 1 aromatic carbocycles. The number of anilines is 1. The van der Waals surface area contributed by atoms with Crippen LogP contribution in [0, 0.1) is 10.1 Å². The summed E-state index contributed by atoms with van der Waals surface area (Å²) in [5, 5.41) is 13.9. The maximum Gasteiger partial charge on any atom is 0.285 e. The molecule has 1 saturated heterocycles. The van der Waals surface area contributed by atoms with Gasteiger partial charge in [0.15, 0.2) is 9.84 Å². The highest BCUT2D eigenvalue weighted by Crippen LogP contribution is 2.28. The van der Waals surface area contributed by atoms with Gasteiger partial charge in [-0.15, -0.1) is 0 Å². The molecule has 1 heterocycles. The van der Waals surface area contributed by atoms with Crippen LogP contribution in [0.3, 0.4) is 0 Å². The van der Waals surface area contributed by atoms with Gasteiger partial charge in [-0.25, -0.2) is 8.42 Å². The van der Waals surface area contributed by atoms with E-state index >= 15 is 0 Å². The molecule has 1 N–H and O–H groups in total. The van der Waals surface area contributed by atoms with E-state index < -0.39 is 14.8 Å². The lowest BCUT2D eigenvalue weighted by molar-refractivity contribution is -0.385. The Balaban J connectivity index is 2.15. The van der Waals surface area contributed by atoms with Crippen molar-refractivity contribution < 1.29 is 13.3 Å². The van der Waals surface area contributed by atoms with Gasteiger partial charge in [-0.2, -0.15) is 0 Å². The minimum Gasteiger partial charge on any atom is -0.381 e. The molecule has 8 heteroatoms. The molecule has 0 radical (unpaired) electrons. The van der Waals surface area contributed by atoms with Gasteiger partial charge in [-0.05, 0) is 40.9 Å². The molecule has 104 valence electrons. The minimum absolute atomic E-state index is 0.0383. The number of hydrogen-bond acceptors (Lipinski definition) is 5. The first kappa shape index (κ1) is 14.3. The molecule has 1 aliphatic rings. The first-order valence-corrected chi connectivity index (χ1v) is 8.40.